The first kappa shape index (κ1) is 20.2. The van der Waals surface area contributed by atoms with Crippen molar-refractivity contribution in [3.8, 4) is 18.2 Å². The van der Waals surface area contributed by atoms with Crippen molar-refractivity contribution >= 4 is 39.1 Å². The first-order chi connectivity index (χ1) is 14.4. The summed E-state index contributed by atoms with van der Waals surface area (Å²) in [5.41, 5.74) is 1.05. The van der Waals surface area contributed by atoms with Gasteiger partial charge in [-0.15, -0.1) is 17.8 Å². The third-order valence-electron chi connectivity index (χ3n) is 4.98. The molecule has 8 heteroatoms. The Morgan fingerprint density at radius 2 is 2.33 bits per heavy atom. The van der Waals surface area contributed by atoms with Crippen LogP contribution in [0.3, 0.4) is 0 Å². The molecule has 0 aliphatic carbocycles. The summed E-state index contributed by atoms with van der Waals surface area (Å²) in [6, 6.07) is 4.07. The highest BCUT2D eigenvalue weighted by molar-refractivity contribution is 7.15. The third-order valence-corrected chi connectivity index (χ3v) is 5.81. The maximum atomic E-state index is 11.8. The normalized spacial score (nSPS) is 16.2. The van der Waals surface area contributed by atoms with Gasteiger partial charge in [0.1, 0.15) is 11.9 Å². The van der Waals surface area contributed by atoms with Gasteiger partial charge in [0.05, 0.1) is 17.4 Å². The molecule has 0 aromatic carbocycles. The first-order valence-electron chi connectivity index (χ1n) is 10.0. The molecule has 30 heavy (non-hydrogen) atoms. The molecule has 0 unspecified atom stereocenters. The minimum absolute atomic E-state index is 0.135. The van der Waals surface area contributed by atoms with E-state index in [1.165, 1.54) is 0 Å². The van der Waals surface area contributed by atoms with Crippen LogP contribution in [0, 0.1) is 25.2 Å². The summed E-state index contributed by atoms with van der Waals surface area (Å²) >= 11 is 1.58. The predicted molar refractivity (Wildman–Crippen MR) is 119 cm³/mol. The molecule has 4 heterocycles. The number of nitrogens with zero attached hydrogens (tertiary/aromatic N) is 4. The van der Waals surface area contributed by atoms with Crippen LogP contribution < -0.4 is 10.1 Å². The lowest BCUT2D eigenvalue weighted by Crippen LogP contribution is -2.29. The smallest absolute Gasteiger partial charge is 0.298 e. The second-order valence-electron chi connectivity index (χ2n) is 7.93. The molecule has 0 radical (unpaired) electrons. The molecule has 0 saturated carbocycles. The van der Waals surface area contributed by atoms with Gasteiger partial charge in [-0.05, 0) is 24.8 Å². The molecule has 3 aromatic rings. The summed E-state index contributed by atoms with van der Waals surface area (Å²) < 4.78 is 8.49. The van der Waals surface area contributed by atoms with E-state index in [0.29, 0.717) is 30.7 Å². The monoisotopic (exact) mass is 423 g/mol. The van der Waals surface area contributed by atoms with Gasteiger partial charge in [0.2, 0.25) is 5.88 Å². The number of ether oxygens (including phenoxy) is 1. The fraction of sp³-hybridized carbons (Fsp3) is 0.409. The van der Waals surface area contributed by atoms with E-state index in [-0.39, 0.29) is 12.0 Å². The molecule has 4 rings (SSSR count). The number of hydrogen-bond acceptors (Lipinski definition) is 6. The van der Waals surface area contributed by atoms with Crippen LogP contribution in [-0.4, -0.2) is 44.5 Å². The second-order valence-corrected chi connectivity index (χ2v) is 9.17. The molecule has 1 amide bonds. The van der Waals surface area contributed by atoms with Gasteiger partial charge in [0.15, 0.2) is 5.13 Å². The molecule has 0 bridgehead atoms. The Morgan fingerprint density at radius 1 is 1.50 bits per heavy atom. The fourth-order valence-electron chi connectivity index (χ4n) is 3.64. The lowest BCUT2D eigenvalue weighted by atomic mass is 10.2. The molecule has 156 valence electrons. The fourth-order valence-corrected chi connectivity index (χ4v) is 4.32. The highest BCUT2D eigenvalue weighted by Gasteiger charge is 2.28. The van der Waals surface area contributed by atoms with Gasteiger partial charge in [0, 0.05) is 42.8 Å². The zero-order valence-electron chi connectivity index (χ0n) is 17.4. The Morgan fingerprint density at radius 3 is 3.03 bits per heavy atom. The van der Waals surface area contributed by atoms with E-state index in [0.717, 1.165) is 33.9 Å². The van der Waals surface area contributed by atoms with Gasteiger partial charge < -0.3 is 19.5 Å². The van der Waals surface area contributed by atoms with Gasteiger partial charge in [-0.1, -0.05) is 13.8 Å². The van der Waals surface area contributed by atoms with Crippen LogP contribution in [-0.2, 0) is 11.3 Å². The summed E-state index contributed by atoms with van der Waals surface area (Å²) in [4.78, 5) is 23.7. The summed E-state index contributed by atoms with van der Waals surface area (Å²) in [6.45, 7) is 8.38. The number of rotatable bonds is 6. The van der Waals surface area contributed by atoms with Crippen LogP contribution in [0.25, 0.3) is 10.9 Å². The summed E-state index contributed by atoms with van der Waals surface area (Å²) in [7, 11) is 0. The average molecular weight is 424 g/mol. The Hall–Kier alpha value is -3.05. The van der Waals surface area contributed by atoms with E-state index in [1.807, 2.05) is 25.3 Å². The number of carbonyl (C=O) groups excluding carboxylic acids is 1. The summed E-state index contributed by atoms with van der Waals surface area (Å²) in [5, 5.41) is 5.05. The number of likely N-dealkylation sites (tertiary alicyclic amines) is 1. The Kier molecular flexibility index (Phi) is 5.64. The number of amides is 1. The van der Waals surface area contributed by atoms with E-state index in [1.54, 1.807) is 16.2 Å². The molecule has 1 aliphatic heterocycles. The van der Waals surface area contributed by atoms with E-state index < -0.39 is 0 Å². The topological polar surface area (TPSA) is 72.3 Å². The van der Waals surface area contributed by atoms with Crippen LogP contribution in [0.4, 0.5) is 10.9 Å². The van der Waals surface area contributed by atoms with Crippen LogP contribution in [0.15, 0.2) is 24.5 Å². The zero-order valence-corrected chi connectivity index (χ0v) is 18.2. The quantitative estimate of drug-likeness (QED) is 0.611. The van der Waals surface area contributed by atoms with Crippen LogP contribution >= 0.6 is 11.3 Å². The molecular weight excluding hydrogens is 398 g/mol. The SMILES string of the molecule is C#CC(=O)N1CC[C@H](Oc2nc(Nc3ncc(C)s3)cc3c2ccn3CC(C)C)C1. The number of nitrogens with one attached hydrogen (secondary N) is 1. The van der Waals surface area contributed by atoms with Crippen molar-refractivity contribution in [1.82, 2.24) is 19.4 Å². The number of hydrogen-bond donors (Lipinski definition) is 1. The molecule has 7 nitrogen and oxygen atoms in total. The average Bonchev–Trinajstić information content (AvgIpc) is 3.42. The molecule has 1 N–H and O–H groups in total. The number of pyridine rings is 1. The van der Waals surface area contributed by atoms with Crippen molar-refractivity contribution in [1.29, 1.82) is 0 Å². The highest BCUT2D eigenvalue weighted by Crippen LogP contribution is 2.32. The maximum Gasteiger partial charge on any atom is 0.298 e. The molecule has 1 saturated heterocycles. The van der Waals surface area contributed by atoms with Gasteiger partial charge in [-0.3, -0.25) is 4.79 Å². The molecule has 1 aliphatic rings. The molecular formula is C22H25N5O2S. The minimum atomic E-state index is -0.295. The number of aromatic nitrogens is 3. The van der Waals surface area contributed by atoms with Crippen LogP contribution in [0.5, 0.6) is 5.88 Å². The highest BCUT2D eigenvalue weighted by atomic mass is 32.1. The molecule has 0 spiro atoms. The van der Waals surface area contributed by atoms with Crippen LogP contribution in [0.1, 0.15) is 25.1 Å². The summed E-state index contributed by atoms with van der Waals surface area (Å²) in [5.74, 6) is 3.64. The van der Waals surface area contributed by atoms with Crippen molar-refractivity contribution in [3.05, 3.63) is 29.4 Å². The minimum Gasteiger partial charge on any atom is -0.472 e. The number of anilines is 2. The number of thiazole rings is 1. The number of fused-ring (bicyclic) bond motifs is 1. The molecule has 3 aromatic heterocycles. The van der Waals surface area contributed by atoms with Gasteiger partial charge >= 0.3 is 0 Å². The lowest BCUT2D eigenvalue weighted by Gasteiger charge is -2.16. The standard InChI is InChI=1S/C22H25N5O2S/c1-5-20(28)27-8-6-16(13-27)29-21-17-7-9-26(12-14(2)3)18(17)10-19(24-21)25-22-23-11-15(4)30-22/h1,7,9-11,14,16H,6,8,12-13H2,2-4H3,(H,23,24,25)/t16-/m0/s1. The zero-order chi connectivity index (χ0) is 21.3. The second kappa shape index (κ2) is 8.36. The predicted octanol–water partition coefficient (Wildman–Crippen LogP) is 3.81. The Balaban J connectivity index is 1.65. The van der Waals surface area contributed by atoms with Gasteiger partial charge in [-0.25, -0.2) is 4.98 Å². The van der Waals surface area contributed by atoms with E-state index in [2.05, 4.69) is 40.8 Å². The van der Waals surface area contributed by atoms with Crippen molar-refractivity contribution in [2.75, 3.05) is 18.4 Å². The Labute approximate surface area is 180 Å². The number of terminal acetylenes is 1. The van der Waals surface area contributed by atoms with Crippen molar-refractivity contribution in [2.45, 2.75) is 39.8 Å². The van der Waals surface area contributed by atoms with E-state index in [4.69, 9.17) is 16.1 Å². The molecule has 1 atom stereocenters. The van der Waals surface area contributed by atoms with Gasteiger partial charge in [-0.2, -0.15) is 4.98 Å². The molecule has 1 fully saturated rings. The van der Waals surface area contributed by atoms with Crippen LogP contribution in [0.2, 0.25) is 0 Å². The number of aryl methyl sites for hydroxylation is 1. The van der Waals surface area contributed by atoms with Crippen molar-refractivity contribution in [2.24, 2.45) is 5.92 Å². The van der Waals surface area contributed by atoms with E-state index >= 15 is 0 Å². The third kappa shape index (κ3) is 4.26. The van der Waals surface area contributed by atoms with Crippen molar-refractivity contribution in [3.63, 3.8) is 0 Å². The summed E-state index contributed by atoms with van der Waals surface area (Å²) in [6.07, 6.45) is 9.75. The number of carbonyl (C=O) groups is 1. The Bertz CT molecular complexity index is 1110. The lowest BCUT2D eigenvalue weighted by molar-refractivity contribution is -0.124. The largest absolute Gasteiger partial charge is 0.472 e. The van der Waals surface area contributed by atoms with E-state index in [9.17, 15) is 4.79 Å². The van der Waals surface area contributed by atoms with Crippen molar-refractivity contribution < 1.29 is 9.53 Å². The first-order valence-corrected chi connectivity index (χ1v) is 10.9. The maximum absolute atomic E-state index is 11.8. The van der Waals surface area contributed by atoms with Gasteiger partial charge in [0.25, 0.3) is 5.91 Å².